The van der Waals surface area contributed by atoms with E-state index in [1.807, 2.05) is 36.7 Å². The number of nitrogens with two attached hydrogens (primary N) is 1. The van der Waals surface area contributed by atoms with Crippen molar-refractivity contribution in [1.82, 2.24) is 14.8 Å². The van der Waals surface area contributed by atoms with Gasteiger partial charge in [0.15, 0.2) is 5.58 Å². The standard InChI is InChI=1S/C13H14N4O/c1-3-17-11(6-8(2)16-17)13-15-10-5-4-9(14)7-12(10)18-13/h4-7H,3,14H2,1-2H3. The van der Waals surface area contributed by atoms with Crippen molar-refractivity contribution in [1.29, 1.82) is 0 Å². The van der Waals surface area contributed by atoms with Gasteiger partial charge in [0.25, 0.3) is 0 Å². The van der Waals surface area contributed by atoms with E-state index in [1.54, 1.807) is 6.07 Å². The number of anilines is 1. The Kier molecular flexibility index (Phi) is 2.33. The van der Waals surface area contributed by atoms with Crippen molar-refractivity contribution >= 4 is 16.8 Å². The van der Waals surface area contributed by atoms with E-state index in [-0.39, 0.29) is 0 Å². The molecule has 0 aliphatic carbocycles. The van der Waals surface area contributed by atoms with Crippen molar-refractivity contribution in [3.05, 3.63) is 30.0 Å². The van der Waals surface area contributed by atoms with Crippen LogP contribution in [0.15, 0.2) is 28.7 Å². The topological polar surface area (TPSA) is 69.9 Å². The molecule has 5 heteroatoms. The minimum atomic E-state index is 0.582. The monoisotopic (exact) mass is 242 g/mol. The van der Waals surface area contributed by atoms with Gasteiger partial charge in [0, 0.05) is 18.3 Å². The van der Waals surface area contributed by atoms with Crippen molar-refractivity contribution in [2.75, 3.05) is 5.73 Å². The van der Waals surface area contributed by atoms with Crippen LogP contribution in [0, 0.1) is 6.92 Å². The lowest BCUT2D eigenvalue weighted by atomic mass is 10.3. The van der Waals surface area contributed by atoms with Crippen LogP contribution in [0.2, 0.25) is 0 Å². The second-order valence-corrected chi connectivity index (χ2v) is 4.23. The maximum Gasteiger partial charge on any atom is 0.245 e. The molecule has 2 heterocycles. The number of nitrogens with zero attached hydrogens (tertiary/aromatic N) is 3. The highest BCUT2D eigenvalue weighted by Gasteiger charge is 2.13. The molecular weight excluding hydrogens is 228 g/mol. The van der Waals surface area contributed by atoms with Crippen LogP contribution < -0.4 is 5.73 Å². The lowest BCUT2D eigenvalue weighted by Gasteiger charge is -1.98. The summed E-state index contributed by atoms with van der Waals surface area (Å²) in [6.07, 6.45) is 0. The number of fused-ring (bicyclic) bond motifs is 1. The lowest BCUT2D eigenvalue weighted by Crippen LogP contribution is -1.99. The fourth-order valence-corrected chi connectivity index (χ4v) is 2.01. The van der Waals surface area contributed by atoms with Crippen LogP contribution in [0.25, 0.3) is 22.7 Å². The third-order valence-electron chi connectivity index (χ3n) is 2.83. The van der Waals surface area contributed by atoms with E-state index in [4.69, 9.17) is 10.2 Å². The van der Waals surface area contributed by atoms with E-state index in [1.165, 1.54) is 0 Å². The summed E-state index contributed by atoms with van der Waals surface area (Å²) in [4.78, 5) is 4.46. The SMILES string of the molecule is CCn1nc(C)cc1-c1nc2ccc(N)cc2o1. The summed E-state index contributed by atoms with van der Waals surface area (Å²) in [5.41, 5.74) is 9.75. The van der Waals surface area contributed by atoms with Gasteiger partial charge in [-0.05, 0) is 32.0 Å². The van der Waals surface area contributed by atoms with Crippen molar-refractivity contribution in [2.24, 2.45) is 0 Å². The van der Waals surface area contributed by atoms with Gasteiger partial charge in [0.1, 0.15) is 11.2 Å². The van der Waals surface area contributed by atoms with Gasteiger partial charge in [0.05, 0.1) is 5.69 Å². The normalized spacial score (nSPS) is 11.2. The van der Waals surface area contributed by atoms with Crippen LogP contribution in [0.1, 0.15) is 12.6 Å². The second kappa shape index (κ2) is 3.87. The largest absolute Gasteiger partial charge is 0.435 e. The van der Waals surface area contributed by atoms with Crippen molar-refractivity contribution in [3.63, 3.8) is 0 Å². The van der Waals surface area contributed by atoms with Gasteiger partial charge >= 0.3 is 0 Å². The van der Waals surface area contributed by atoms with Crippen LogP contribution in [-0.4, -0.2) is 14.8 Å². The lowest BCUT2D eigenvalue weighted by molar-refractivity contribution is 0.591. The van der Waals surface area contributed by atoms with Crippen molar-refractivity contribution in [2.45, 2.75) is 20.4 Å². The molecule has 5 nitrogen and oxygen atoms in total. The Labute approximate surface area is 104 Å². The fourth-order valence-electron chi connectivity index (χ4n) is 2.01. The number of nitrogen functional groups attached to an aromatic ring is 1. The first kappa shape index (κ1) is 10.8. The summed E-state index contributed by atoms with van der Waals surface area (Å²) < 4.78 is 7.62. The van der Waals surface area contributed by atoms with Crippen LogP contribution in [0.5, 0.6) is 0 Å². The first-order valence-corrected chi connectivity index (χ1v) is 5.88. The average molecular weight is 242 g/mol. The summed E-state index contributed by atoms with van der Waals surface area (Å²) in [6, 6.07) is 7.43. The summed E-state index contributed by atoms with van der Waals surface area (Å²) in [5.74, 6) is 0.582. The van der Waals surface area contributed by atoms with Crippen molar-refractivity contribution in [3.8, 4) is 11.6 Å². The highest BCUT2D eigenvalue weighted by atomic mass is 16.3. The van der Waals surface area contributed by atoms with Gasteiger partial charge in [0.2, 0.25) is 5.89 Å². The van der Waals surface area contributed by atoms with Crippen LogP contribution in [0.3, 0.4) is 0 Å². The molecule has 0 spiro atoms. The molecule has 0 fully saturated rings. The Bertz CT molecular complexity index is 711. The molecule has 0 aliphatic rings. The zero-order chi connectivity index (χ0) is 12.7. The molecule has 0 unspecified atom stereocenters. The highest BCUT2D eigenvalue weighted by Crippen LogP contribution is 2.26. The van der Waals surface area contributed by atoms with Gasteiger partial charge in [-0.15, -0.1) is 0 Å². The second-order valence-electron chi connectivity index (χ2n) is 4.23. The van der Waals surface area contributed by atoms with E-state index in [2.05, 4.69) is 10.1 Å². The Hall–Kier alpha value is -2.30. The highest BCUT2D eigenvalue weighted by molar-refractivity contribution is 5.78. The molecule has 2 N–H and O–H groups in total. The number of hydrogen-bond acceptors (Lipinski definition) is 4. The number of rotatable bonds is 2. The molecule has 0 atom stereocenters. The Balaban J connectivity index is 2.18. The number of benzene rings is 1. The first-order valence-electron chi connectivity index (χ1n) is 5.88. The molecule has 1 aromatic carbocycles. The molecule has 0 radical (unpaired) electrons. The number of oxazole rings is 1. The third kappa shape index (κ3) is 1.64. The Morgan fingerprint density at radius 1 is 1.33 bits per heavy atom. The van der Waals surface area contributed by atoms with Gasteiger partial charge in [-0.25, -0.2) is 4.98 Å². The molecule has 3 rings (SSSR count). The van der Waals surface area contributed by atoms with Crippen LogP contribution in [0.4, 0.5) is 5.69 Å². The van der Waals surface area contributed by atoms with Gasteiger partial charge in [-0.1, -0.05) is 0 Å². The quantitative estimate of drug-likeness (QED) is 0.701. The number of aromatic nitrogens is 3. The predicted octanol–water partition coefficient (Wildman–Crippen LogP) is 2.60. The molecule has 0 saturated heterocycles. The van der Waals surface area contributed by atoms with E-state index < -0.39 is 0 Å². The predicted molar refractivity (Wildman–Crippen MR) is 70.1 cm³/mol. The molecule has 0 saturated carbocycles. The van der Waals surface area contributed by atoms with Crippen LogP contribution >= 0.6 is 0 Å². The van der Waals surface area contributed by atoms with E-state index in [0.29, 0.717) is 17.2 Å². The third-order valence-corrected chi connectivity index (χ3v) is 2.83. The van der Waals surface area contributed by atoms with Gasteiger partial charge in [-0.2, -0.15) is 5.10 Å². The van der Waals surface area contributed by atoms with E-state index >= 15 is 0 Å². The summed E-state index contributed by atoms with van der Waals surface area (Å²) >= 11 is 0. The summed E-state index contributed by atoms with van der Waals surface area (Å²) in [7, 11) is 0. The molecule has 3 aromatic rings. The average Bonchev–Trinajstić information content (AvgIpc) is 2.91. The van der Waals surface area contributed by atoms with Crippen molar-refractivity contribution < 1.29 is 4.42 Å². The zero-order valence-corrected chi connectivity index (χ0v) is 10.3. The van der Waals surface area contributed by atoms with E-state index in [9.17, 15) is 0 Å². The maximum atomic E-state index is 5.74. The molecule has 2 aromatic heterocycles. The molecule has 0 bridgehead atoms. The fraction of sp³-hybridized carbons (Fsp3) is 0.231. The molecule has 0 amide bonds. The summed E-state index contributed by atoms with van der Waals surface area (Å²) in [6.45, 7) is 4.77. The molecule has 0 aliphatic heterocycles. The minimum Gasteiger partial charge on any atom is -0.435 e. The molecular formula is C13H14N4O. The maximum absolute atomic E-state index is 5.74. The summed E-state index contributed by atoms with van der Waals surface area (Å²) in [5, 5.41) is 4.39. The number of hydrogen-bond donors (Lipinski definition) is 1. The minimum absolute atomic E-state index is 0.582. The van der Waals surface area contributed by atoms with Crippen LogP contribution in [-0.2, 0) is 6.54 Å². The zero-order valence-electron chi connectivity index (χ0n) is 10.3. The first-order chi connectivity index (χ1) is 8.67. The van der Waals surface area contributed by atoms with Gasteiger partial charge in [-0.3, -0.25) is 4.68 Å². The molecule has 92 valence electrons. The molecule has 18 heavy (non-hydrogen) atoms. The Morgan fingerprint density at radius 3 is 2.94 bits per heavy atom. The Morgan fingerprint density at radius 2 is 2.17 bits per heavy atom. The smallest absolute Gasteiger partial charge is 0.245 e. The number of aryl methyl sites for hydroxylation is 2. The van der Waals surface area contributed by atoms with Gasteiger partial charge < -0.3 is 10.2 Å². The van der Waals surface area contributed by atoms with E-state index in [0.717, 1.165) is 23.4 Å².